The van der Waals surface area contributed by atoms with E-state index in [2.05, 4.69) is 45.0 Å². The smallest absolute Gasteiger partial charge is 0.223 e. The van der Waals surface area contributed by atoms with Crippen LogP contribution in [-0.4, -0.2) is 49.6 Å². The Labute approximate surface area is 192 Å². The molecular weight excluding hydrogens is 424 g/mol. The molecule has 9 heteroatoms. The normalized spacial score (nSPS) is 14.9. The minimum Gasteiger partial charge on any atom is -0.346 e. The van der Waals surface area contributed by atoms with Crippen molar-refractivity contribution in [3.05, 3.63) is 40.9 Å². The highest BCUT2D eigenvalue weighted by molar-refractivity contribution is 7.18. The minimum absolute atomic E-state index is 0.0757. The van der Waals surface area contributed by atoms with Crippen LogP contribution in [0.2, 0.25) is 0 Å². The standard InChI is InChI=1S/C23H30N6O2S/c1-15(2)14-18(24-16(3)30)23-27-26-20-10-11-28(12-13-29(20)23)22(31)9-8-21-25-17-6-4-5-7-19(17)32-21/h4-7,15,18H,8-14H2,1-3H3,(H,24,30)/t18-/m1/s1. The van der Waals surface area contributed by atoms with Crippen LogP contribution in [-0.2, 0) is 29.0 Å². The van der Waals surface area contributed by atoms with Crippen LogP contribution in [0.5, 0.6) is 0 Å². The van der Waals surface area contributed by atoms with Crippen molar-refractivity contribution < 1.29 is 9.59 Å². The van der Waals surface area contributed by atoms with Crippen LogP contribution in [0.4, 0.5) is 0 Å². The molecule has 1 atom stereocenters. The Balaban J connectivity index is 1.39. The fraction of sp³-hybridized carbons (Fsp3) is 0.522. The van der Waals surface area contributed by atoms with Crippen molar-refractivity contribution in [1.82, 2.24) is 30.0 Å². The molecule has 1 N–H and O–H groups in total. The molecule has 0 radical (unpaired) electrons. The molecule has 8 nitrogen and oxygen atoms in total. The van der Waals surface area contributed by atoms with Gasteiger partial charge in [-0.05, 0) is 24.5 Å². The van der Waals surface area contributed by atoms with E-state index in [9.17, 15) is 9.59 Å². The maximum atomic E-state index is 12.9. The second-order valence-corrected chi connectivity index (χ2v) is 9.83. The maximum absolute atomic E-state index is 12.9. The quantitative estimate of drug-likeness (QED) is 0.592. The number of hydrogen-bond acceptors (Lipinski definition) is 6. The Morgan fingerprint density at radius 3 is 2.72 bits per heavy atom. The Kier molecular flexibility index (Phi) is 6.83. The van der Waals surface area contributed by atoms with Gasteiger partial charge in [-0.25, -0.2) is 4.98 Å². The van der Waals surface area contributed by atoms with E-state index >= 15 is 0 Å². The highest BCUT2D eigenvalue weighted by Gasteiger charge is 2.26. The number of benzene rings is 1. The second kappa shape index (κ2) is 9.77. The molecule has 0 saturated heterocycles. The first-order valence-corrected chi connectivity index (χ1v) is 12.0. The van der Waals surface area contributed by atoms with E-state index in [1.54, 1.807) is 11.3 Å². The summed E-state index contributed by atoms with van der Waals surface area (Å²) in [7, 11) is 0. The summed E-state index contributed by atoms with van der Waals surface area (Å²) >= 11 is 1.66. The summed E-state index contributed by atoms with van der Waals surface area (Å²) in [5.41, 5.74) is 0.996. The summed E-state index contributed by atoms with van der Waals surface area (Å²) in [6.45, 7) is 7.66. The largest absolute Gasteiger partial charge is 0.346 e. The number of nitrogens with zero attached hydrogens (tertiary/aromatic N) is 5. The molecule has 1 aliphatic rings. The van der Waals surface area contributed by atoms with Gasteiger partial charge in [0.25, 0.3) is 0 Å². The third-order valence-corrected chi connectivity index (χ3v) is 6.79. The highest BCUT2D eigenvalue weighted by atomic mass is 32.1. The number of hydrogen-bond donors (Lipinski definition) is 1. The summed E-state index contributed by atoms with van der Waals surface area (Å²) in [5.74, 6) is 2.14. The van der Waals surface area contributed by atoms with Gasteiger partial charge in [-0.15, -0.1) is 21.5 Å². The lowest BCUT2D eigenvalue weighted by Gasteiger charge is -2.22. The molecule has 0 bridgehead atoms. The lowest BCUT2D eigenvalue weighted by Crippen LogP contribution is -2.34. The Morgan fingerprint density at radius 2 is 1.97 bits per heavy atom. The first kappa shape index (κ1) is 22.4. The maximum Gasteiger partial charge on any atom is 0.223 e. The molecule has 4 rings (SSSR count). The summed E-state index contributed by atoms with van der Waals surface area (Å²) in [5, 5.41) is 12.8. The van der Waals surface area contributed by atoms with Gasteiger partial charge in [0, 0.05) is 45.8 Å². The summed E-state index contributed by atoms with van der Waals surface area (Å²) < 4.78 is 3.24. The van der Waals surface area contributed by atoms with E-state index in [0.29, 0.717) is 44.8 Å². The van der Waals surface area contributed by atoms with Gasteiger partial charge in [-0.2, -0.15) is 0 Å². The molecule has 2 amide bonds. The number of fused-ring (bicyclic) bond motifs is 2. The van der Waals surface area contributed by atoms with Crippen molar-refractivity contribution in [2.45, 2.75) is 59.0 Å². The predicted octanol–water partition coefficient (Wildman–Crippen LogP) is 3.13. The van der Waals surface area contributed by atoms with Gasteiger partial charge in [0.2, 0.25) is 11.8 Å². The van der Waals surface area contributed by atoms with Crippen molar-refractivity contribution in [1.29, 1.82) is 0 Å². The first-order chi connectivity index (χ1) is 15.4. The van der Waals surface area contributed by atoms with Crippen LogP contribution in [0, 0.1) is 5.92 Å². The molecule has 3 aromatic rings. The number of carbonyl (C=O) groups is 2. The van der Waals surface area contributed by atoms with Gasteiger partial charge in [0.15, 0.2) is 5.82 Å². The Bertz CT molecular complexity index is 1070. The number of carbonyl (C=O) groups excluding carboxylic acids is 2. The van der Waals surface area contributed by atoms with Gasteiger partial charge >= 0.3 is 0 Å². The molecule has 170 valence electrons. The molecule has 0 fully saturated rings. The predicted molar refractivity (Wildman–Crippen MR) is 124 cm³/mol. The summed E-state index contributed by atoms with van der Waals surface area (Å²) in [6.07, 6.45) is 2.57. The van der Waals surface area contributed by atoms with Crippen LogP contribution < -0.4 is 5.32 Å². The van der Waals surface area contributed by atoms with Crippen molar-refractivity contribution in [2.75, 3.05) is 13.1 Å². The molecule has 1 aliphatic heterocycles. The number of rotatable bonds is 7. The van der Waals surface area contributed by atoms with Crippen LogP contribution in [0.3, 0.4) is 0 Å². The van der Waals surface area contributed by atoms with E-state index in [1.807, 2.05) is 23.1 Å². The third-order valence-electron chi connectivity index (χ3n) is 5.69. The number of aryl methyl sites for hydroxylation is 1. The van der Waals surface area contributed by atoms with Crippen molar-refractivity contribution in [3.63, 3.8) is 0 Å². The molecule has 0 unspecified atom stereocenters. The zero-order valence-electron chi connectivity index (χ0n) is 18.9. The van der Waals surface area contributed by atoms with Crippen LogP contribution in [0.25, 0.3) is 10.2 Å². The van der Waals surface area contributed by atoms with E-state index in [4.69, 9.17) is 0 Å². The average molecular weight is 455 g/mol. The Morgan fingerprint density at radius 1 is 1.16 bits per heavy atom. The van der Waals surface area contributed by atoms with Crippen molar-refractivity contribution in [2.24, 2.45) is 5.92 Å². The zero-order chi connectivity index (χ0) is 22.7. The summed E-state index contributed by atoms with van der Waals surface area (Å²) in [4.78, 5) is 31.2. The fourth-order valence-electron chi connectivity index (χ4n) is 4.20. The van der Waals surface area contributed by atoms with E-state index in [-0.39, 0.29) is 17.9 Å². The van der Waals surface area contributed by atoms with Gasteiger partial charge in [-0.1, -0.05) is 26.0 Å². The van der Waals surface area contributed by atoms with Gasteiger partial charge in [-0.3, -0.25) is 9.59 Å². The van der Waals surface area contributed by atoms with Gasteiger partial charge in [0.05, 0.1) is 21.3 Å². The minimum atomic E-state index is -0.171. The molecular formula is C23H30N6O2S. The molecule has 32 heavy (non-hydrogen) atoms. The third kappa shape index (κ3) is 5.15. The molecule has 0 spiro atoms. The second-order valence-electron chi connectivity index (χ2n) is 8.71. The number of nitrogens with one attached hydrogen (secondary N) is 1. The van der Waals surface area contributed by atoms with Crippen LogP contribution in [0.15, 0.2) is 24.3 Å². The first-order valence-electron chi connectivity index (χ1n) is 11.2. The van der Waals surface area contributed by atoms with E-state index < -0.39 is 0 Å². The average Bonchev–Trinajstić information content (AvgIpc) is 3.28. The number of aromatic nitrogens is 4. The number of para-hydroxylation sites is 1. The van der Waals surface area contributed by atoms with E-state index in [1.165, 1.54) is 6.92 Å². The van der Waals surface area contributed by atoms with Gasteiger partial charge in [0.1, 0.15) is 5.82 Å². The monoisotopic (exact) mass is 454 g/mol. The lowest BCUT2D eigenvalue weighted by atomic mass is 10.0. The number of thiazole rings is 1. The lowest BCUT2D eigenvalue weighted by molar-refractivity contribution is -0.131. The van der Waals surface area contributed by atoms with Crippen molar-refractivity contribution in [3.8, 4) is 0 Å². The fourth-order valence-corrected chi connectivity index (χ4v) is 5.16. The van der Waals surface area contributed by atoms with Crippen LogP contribution in [0.1, 0.15) is 56.3 Å². The number of amides is 2. The summed E-state index contributed by atoms with van der Waals surface area (Å²) in [6, 6.07) is 7.89. The van der Waals surface area contributed by atoms with Gasteiger partial charge < -0.3 is 14.8 Å². The topological polar surface area (TPSA) is 93.0 Å². The van der Waals surface area contributed by atoms with E-state index in [0.717, 1.165) is 33.3 Å². The molecule has 0 aliphatic carbocycles. The molecule has 2 aromatic heterocycles. The molecule has 3 heterocycles. The highest BCUT2D eigenvalue weighted by Crippen LogP contribution is 2.24. The SMILES string of the molecule is CC(=O)N[C@H](CC(C)C)c1nnc2n1CCN(C(=O)CCc1nc3ccccc3s1)CC2. The Hall–Kier alpha value is -2.81. The zero-order valence-corrected chi connectivity index (χ0v) is 19.7. The van der Waals surface area contributed by atoms with Crippen LogP contribution >= 0.6 is 11.3 Å². The molecule has 0 saturated carbocycles. The van der Waals surface area contributed by atoms with Crippen molar-refractivity contribution >= 4 is 33.4 Å². The molecule has 1 aromatic carbocycles.